The highest BCUT2D eigenvalue weighted by Crippen LogP contribution is 2.33. The van der Waals surface area contributed by atoms with E-state index >= 15 is 0 Å². The van der Waals surface area contributed by atoms with Gasteiger partial charge in [0, 0.05) is 43.5 Å². The van der Waals surface area contributed by atoms with Crippen molar-refractivity contribution in [2.75, 3.05) is 17.2 Å². The number of pyridine rings is 1. The third-order valence-electron chi connectivity index (χ3n) is 6.37. The zero-order valence-electron chi connectivity index (χ0n) is 18.3. The number of hydrogen-bond acceptors (Lipinski definition) is 7. The van der Waals surface area contributed by atoms with Crippen LogP contribution in [0.1, 0.15) is 49.1 Å². The second-order valence-corrected chi connectivity index (χ2v) is 8.95. The molecule has 34 heavy (non-hydrogen) atoms. The number of hydrogen-bond donors (Lipinski definition) is 2. The molecule has 10 nitrogen and oxygen atoms in total. The Morgan fingerprint density at radius 1 is 1.06 bits per heavy atom. The average molecular weight is 483 g/mol. The van der Waals surface area contributed by atoms with Gasteiger partial charge in [-0.25, -0.2) is 15.0 Å². The second-order valence-electron chi connectivity index (χ2n) is 8.52. The Labute approximate surface area is 200 Å². The largest absolute Gasteiger partial charge is 0.429 e. The number of furan rings is 1. The van der Waals surface area contributed by atoms with Crippen LogP contribution in [0, 0.1) is 5.92 Å². The molecular weight excluding hydrogens is 460 g/mol. The number of carbonyl (C=O) groups excluding carboxylic acids is 3. The van der Waals surface area contributed by atoms with Gasteiger partial charge in [-0.1, -0.05) is 11.6 Å². The molecule has 5 rings (SSSR count). The van der Waals surface area contributed by atoms with Crippen molar-refractivity contribution in [1.29, 1.82) is 0 Å². The third kappa shape index (κ3) is 4.45. The molecule has 2 aliphatic rings. The quantitative estimate of drug-likeness (QED) is 0.567. The van der Waals surface area contributed by atoms with E-state index in [1.807, 2.05) is 4.90 Å². The van der Waals surface area contributed by atoms with Crippen LogP contribution in [0.5, 0.6) is 0 Å². The molecular formula is C23H23ClN6O4. The van der Waals surface area contributed by atoms with Crippen molar-refractivity contribution < 1.29 is 18.8 Å². The van der Waals surface area contributed by atoms with Crippen LogP contribution in [-0.2, 0) is 9.59 Å². The van der Waals surface area contributed by atoms with E-state index < -0.39 is 5.91 Å². The highest BCUT2D eigenvalue weighted by atomic mass is 35.5. The van der Waals surface area contributed by atoms with Gasteiger partial charge >= 0.3 is 0 Å². The Kier molecular flexibility index (Phi) is 6.14. The minimum atomic E-state index is -0.596. The predicted octanol–water partition coefficient (Wildman–Crippen LogP) is 3.64. The number of nitrogens with one attached hydrogen (secondary N) is 2. The van der Waals surface area contributed by atoms with Gasteiger partial charge in [-0.3, -0.25) is 14.4 Å². The fraction of sp³-hybridized carbons (Fsp3) is 0.391. The lowest BCUT2D eigenvalue weighted by Crippen LogP contribution is -2.40. The maximum absolute atomic E-state index is 13.1. The molecule has 3 amide bonds. The maximum Gasteiger partial charge on any atom is 0.294 e. The summed E-state index contributed by atoms with van der Waals surface area (Å²) in [4.78, 5) is 52.5. The van der Waals surface area contributed by atoms with Crippen LogP contribution in [0.15, 0.2) is 35.1 Å². The van der Waals surface area contributed by atoms with Crippen molar-refractivity contribution >= 4 is 52.1 Å². The molecule has 0 spiro atoms. The summed E-state index contributed by atoms with van der Waals surface area (Å²) in [5, 5.41) is 5.93. The van der Waals surface area contributed by atoms with Gasteiger partial charge in [0.2, 0.25) is 23.3 Å². The molecule has 0 atom stereocenters. The van der Waals surface area contributed by atoms with E-state index in [0.29, 0.717) is 29.8 Å². The Morgan fingerprint density at radius 2 is 1.85 bits per heavy atom. The van der Waals surface area contributed by atoms with Gasteiger partial charge in [0.05, 0.1) is 5.02 Å². The number of halogens is 1. The van der Waals surface area contributed by atoms with Gasteiger partial charge in [-0.05, 0) is 44.2 Å². The van der Waals surface area contributed by atoms with Crippen molar-refractivity contribution in [1.82, 2.24) is 19.9 Å². The molecule has 0 bridgehead atoms. The van der Waals surface area contributed by atoms with E-state index in [0.717, 1.165) is 25.8 Å². The zero-order chi connectivity index (χ0) is 23.7. The van der Waals surface area contributed by atoms with E-state index in [2.05, 4.69) is 25.6 Å². The average Bonchev–Trinajstić information content (AvgIpc) is 3.44. The summed E-state index contributed by atoms with van der Waals surface area (Å²) in [6, 6.07) is 3.36. The van der Waals surface area contributed by atoms with Gasteiger partial charge in [0.15, 0.2) is 5.52 Å². The molecule has 4 heterocycles. The fourth-order valence-electron chi connectivity index (χ4n) is 4.66. The van der Waals surface area contributed by atoms with Crippen LogP contribution in [-0.4, -0.2) is 50.2 Å². The molecule has 1 saturated heterocycles. The summed E-state index contributed by atoms with van der Waals surface area (Å²) < 4.78 is 5.64. The fourth-order valence-corrected chi connectivity index (χ4v) is 4.77. The molecule has 11 heteroatoms. The summed E-state index contributed by atoms with van der Waals surface area (Å²) in [6.45, 7) is 0.807. The number of rotatable bonds is 5. The monoisotopic (exact) mass is 482 g/mol. The first-order chi connectivity index (χ1) is 16.5. The highest BCUT2D eigenvalue weighted by molar-refractivity contribution is 6.30. The SMILES string of the molecule is O=C(Nc1ccc(Cl)cn1)c1oc2nccnc2c1NC(=O)[C@H]1CC[C@H](N2CCCC2=O)CC1. The number of nitrogens with zero attached hydrogens (tertiary/aromatic N) is 4. The molecule has 1 saturated carbocycles. The van der Waals surface area contributed by atoms with Crippen LogP contribution < -0.4 is 10.6 Å². The van der Waals surface area contributed by atoms with E-state index in [-0.39, 0.29) is 46.8 Å². The van der Waals surface area contributed by atoms with Gasteiger partial charge in [0.25, 0.3) is 5.91 Å². The van der Waals surface area contributed by atoms with Gasteiger partial charge < -0.3 is 20.0 Å². The van der Waals surface area contributed by atoms with Gasteiger partial charge in [-0.15, -0.1) is 0 Å². The Hall–Kier alpha value is -3.53. The molecule has 0 unspecified atom stereocenters. The van der Waals surface area contributed by atoms with E-state index in [9.17, 15) is 14.4 Å². The molecule has 0 radical (unpaired) electrons. The van der Waals surface area contributed by atoms with Crippen molar-refractivity contribution in [2.24, 2.45) is 5.92 Å². The van der Waals surface area contributed by atoms with Crippen molar-refractivity contribution in [3.05, 3.63) is 41.5 Å². The summed E-state index contributed by atoms with van der Waals surface area (Å²) >= 11 is 5.85. The molecule has 176 valence electrons. The Morgan fingerprint density at radius 3 is 2.56 bits per heavy atom. The summed E-state index contributed by atoms with van der Waals surface area (Å²) in [7, 11) is 0. The third-order valence-corrected chi connectivity index (χ3v) is 6.59. The van der Waals surface area contributed by atoms with E-state index in [1.54, 1.807) is 12.1 Å². The number of carbonyl (C=O) groups is 3. The van der Waals surface area contributed by atoms with E-state index in [1.165, 1.54) is 18.6 Å². The lowest BCUT2D eigenvalue weighted by Gasteiger charge is -2.34. The second kappa shape index (κ2) is 9.38. The van der Waals surface area contributed by atoms with Crippen LogP contribution in [0.4, 0.5) is 11.5 Å². The minimum absolute atomic E-state index is 0.109. The summed E-state index contributed by atoms with van der Waals surface area (Å²) in [5.74, 6) is -0.656. The summed E-state index contributed by atoms with van der Waals surface area (Å²) in [6.07, 6.45) is 8.74. The molecule has 1 aliphatic carbocycles. The number of anilines is 2. The molecule has 2 fully saturated rings. The van der Waals surface area contributed by atoms with Crippen molar-refractivity contribution in [3.8, 4) is 0 Å². The van der Waals surface area contributed by atoms with Crippen molar-refractivity contribution in [2.45, 2.75) is 44.6 Å². The van der Waals surface area contributed by atoms with Crippen LogP contribution in [0.25, 0.3) is 11.2 Å². The number of amides is 3. The van der Waals surface area contributed by atoms with E-state index in [4.69, 9.17) is 16.0 Å². The predicted molar refractivity (Wildman–Crippen MR) is 124 cm³/mol. The first-order valence-corrected chi connectivity index (χ1v) is 11.6. The van der Waals surface area contributed by atoms with Gasteiger partial charge in [-0.2, -0.15) is 0 Å². The lowest BCUT2D eigenvalue weighted by molar-refractivity contribution is -0.130. The highest BCUT2D eigenvalue weighted by Gasteiger charge is 2.34. The smallest absolute Gasteiger partial charge is 0.294 e. The molecule has 3 aromatic rings. The first-order valence-electron chi connectivity index (χ1n) is 11.3. The summed E-state index contributed by atoms with van der Waals surface area (Å²) in [5.41, 5.74) is 0.612. The molecule has 1 aliphatic heterocycles. The first kappa shape index (κ1) is 22.3. The number of likely N-dealkylation sites (tertiary alicyclic amines) is 1. The van der Waals surface area contributed by atoms with Gasteiger partial charge in [0.1, 0.15) is 11.5 Å². The standard InChI is InChI=1S/C23H23ClN6O4/c24-14-5-8-16(27-12-14)28-22(33)20-18(19-23(34-20)26-10-9-25-19)29-21(32)13-3-6-15(7-4-13)30-11-1-2-17(30)31/h5,8-10,12-13,15H,1-4,6-7,11H2,(H,29,32)(H,27,28,33)/t13-,15-. The van der Waals surface area contributed by atoms with Crippen molar-refractivity contribution in [3.63, 3.8) is 0 Å². The maximum atomic E-state index is 13.1. The Bertz CT molecular complexity index is 1240. The van der Waals surface area contributed by atoms with Crippen LogP contribution in [0.2, 0.25) is 5.02 Å². The zero-order valence-corrected chi connectivity index (χ0v) is 19.0. The normalized spacial score (nSPS) is 20.5. The minimum Gasteiger partial charge on any atom is -0.429 e. The lowest BCUT2D eigenvalue weighted by atomic mass is 9.84. The van der Waals surface area contributed by atoms with Crippen LogP contribution >= 0.6 is 11.6 Å². The number of fused-ring (bicyclic) bond motifs is 1. The molecule has 3 aromatic heterocycles. The Balaban J connectivity index is 1.32. The molecule has 2 N–H and O–H groups in total. The topological polar surface area (TPSA) is 130 Å². The number of aromatic nitrogens is 3. The van der Waals surface area contributed by atoms with Crippen LogP contribution in [0.3, 0.4) is 0 Å². The molecule has 0 aromatic carbocycles.